The van der Waals surface area contributed by atoms with Gasteiger partial charge >= 0.3 is 118 Å². The molecule has 0 atom stereocenters. The quantitative estimate of drug-likeness (QED) is 0.0952. The molecule has 0 fully saturated rings. The van der Waals surface area contributed by atoms with E-state index in [2.05, 4.69) is 9.44 Å². The van der Waals surface area contributed by atoms with Gasteiger partial charge in [0, 0.05) is 32.9 Å². The number of nitrogens with one attached hydrogen (secondary N) is 2. The molecule has 0 bridgehead atoms. The normalized spacial score (nSPS) is 12.4. The minimum absolute atomic E-state index is 0. The number of anilines is 2. The van der Waals surface area contributed by atoms with Crippen molar-refractivity contribution < 1.29 is 187 Å². The van der Waals surface area contributed by atoms with E-state index >= 15 is 0 Å². The fourth-order valence-corrected chi connectivity index (χ4v) is 10.8. The summed E-state index contributed by atoms with van der Waals surface area (Å²) in [5.74, 6) is 0. The zero-order valence-corrected chi connectivity index (χ0v) is 43.1. The largest absolute Gasteiger partial charge is 1.00 e. The van der Waals surface area contributed by atoms with Crippen molar-refractivity contribution in [2.75, 3.05) is 9.44 Å². The number of benzene rings is 6. The molecule has 0 spiro atoms. The zero-order chi connectivity index (χ0) is 39.8. The van der Waals surface area contributed by atoms with E-state index in [-0.39, 0.29) is 151 Å². The molecule has 6 aromatic carbocycles. The van der Waals surface area contributed by atoms with Crippen LogP contribution in [-0.2, 0) is 60.5 Å². The maximum Gasteiger partial charge on any atom is 1.00 e. The summed E-state index contributed by atoms with van der Waals surface area (Å²) in [7, 11) is -30.5. The summed E-state index contributed by atoms with van der Waals surface area (Å²) in [4.78, 5) is -5.22. The van der Waals surface area contributed by atoms with E-state index in [1.807, 2.05) is 0 Å². The Kier molecular flexibility index (Phi) is 17.4. The minimum Gasteiger partial charge on any atom is -0.744 e. The van der Waals surface area contributed by atoms with Gasteiger partial charge in [0.05, 0.1) is 29.4 Å². The Morgan fingerprint density at radius 2 is 0.672 bits per heavy atom. The van der Waals surface area contributed by atoms with Crippen molar-refractivity contribution in [3.63, 3.8) is 0 Å². The van der Waals surface area contributed by atoms with Crippen molar-refractivity contribution in [3.8, 4) is 0 Å². The van der Waals surface area contributed by atoms with Crippen LogP contribution in [0.15, 0.2) is 126 Å². The molecule has 0 saturated carbocycles. The molecule has 2 N–H and O–H groups in total. The van der Waals surface area contributed by atoms with Gasteiger partial charge in [0.1, 0.15) is 40.5 Å². The SMILES string of the molecule is O=S(=O)([O-])c1cc(S(=O)(=O)[O-])c2cc(NS(=O)(=O)c3cccc4c(S(=O)(=O)Nc5ccc6cc(S(=O)(=O)[O-])cc(S(=O)(=O)[O-])c6c5)cccc34)ccc2c1.[Na+].[Na+].[Na+].[Na+]. The Morgan fingerprint density at radius 1 is 0.345 bits per heavy atom. The van der Waals surface area contributed by atoms with E-state index in [9.17, 15) is 68.7 Å². The molecule has 0 amide bonds. The Morgan fingerprint density at radius 3 is 0.966 bits per heavy atom. The monoisotopic (exact) mass is 946 g/mol. The van der Waals surface area contributed by atoms with E-state index in [0.717, 1.165) is 60.7 Å². The Labute approximate surface area is 420 Å². The third-order valence-corrected chi connectivity index (χ3v) is 14.1. The molecule has 18 nitrogen and oxygen atoms in total. The van der Waals surface area contributed by atoms with Gasteiger partial charge in [-0.2, -0.15) is 0 Å². The number of hydrogen-bond acceptors (Lipinski definition) is 16. The number of rotatable bonds is 10. The van der Waals surface area contributed by atoms with E-state index in [1.165, 1.54) is 24.3 Å². The first-order chi connectivity index (χ1) is 24.8. The van der Waals surface area contributed by atoms with Crippen LogP contribution in [0.3, 0.4) is 0 Å². The second-order valence-corrected chi connectivity index (χ2v) is 20.1. The molecule has 0 unspecified atom stereocenters. The first kappa shape index (κ1) is 53.4. The van der Waals surface area contributed by atoms with Crippen LogP contribution in [0.4, 0.5) is 11.4 Å². The van der Waals surface area contributed by atoms with Crippen LogP contribution in [0.5, 0.6) is 0 Å². The number of hydrogen-bond donors (Lipinski definition) is 2. The topological polar surface area (TPSA) is 321 Å². The van der Waals surface area contributed by atoms with Crippen LogP contribution >= 0.6 is 0 Å². The number of fused-ring (bicyclic) bond motifs is 3. The molecule has 0 heterocycles. The Balaban J connectivity index is 0.00000290. The summed E-state index contributed by atoms with van der Waals surface area (Å²) in [6.07, 6.45) is 0. The van der Waals surface area contributed by atoms with Crippen LogP contribution < -0.4 is 128 Å². The van der Waals surface area contributed by atoms with Gasteiger partial charge in [-0.05, 0) is 71.4 Å². The molecule has 0 aliphatic heterocycles. The van der Waals surface area contributed by atoms with Crippen molar-refractivity contribution in [3.05, 3.63) is 97.1 Å². The minimum atomic E-state index is -5.39. The third-order valence-electron chi connectivity index (χ3n) is 7.82. The summed E-state index contributed by atoms with van der Waals surface area (Å²) in [5, 5.41) is -1.53. The van der Waals surface area contributed by atoms with Gasteiger partial charge in [0.25, 0.3) is 20.0 Å². The molecular formula is C30H18N2Na4O16S6. The summed E-state index contributed by atoms with van der Waals surface area (Å²) < 4.78 is 200. The van der Waals surface area contributed by atoms with E-state index in [4.69, 9.17) is 0 Å². The van der Waals surface area contributed by atoms with Gasteiger partial charge in [-0.3, -0.25) is 9.44 Å². The Bertz CT molecular complexity index is 3090. The van der Waals surface area contributed by atoms with Gasteiger partial charge in [0.15, 0.2) is 0 Å². The van der Waals surface area contributed by atoms with Crippen LogP contribution in [0, 0.1) is 0 Å². The molecule has 6 aromatic rings. The maximum atomic E-state index is 13.7. The zero-order valence-electron chi connectivity index (χ0n) is 30.2. The standard InChI is InChI=1S/C30H22N2O16S6.4Na/c33-49(34,31-19-9-7-17-11-21(51(37,38)39)15-29(25(17)13-19)53(43,44)45)27-5-1-3-23-24(27)4-2-6-28(23)50(35,36)32-20-10-8-18-12-22(52(40,41)42)16-30(26(18)14-20)54(46,47)48;;;;/h1-16,31-32H,(H,37,38,39)(H,40,41,42)(H,43,44,45)(H,46,47,48);;;;/q;4*+1/p-4. The summed E-state index contributed by atoms with van der Waals surface area (Å²) in [6.45, 7) is 0. The molecule has 0 radical (unpaired) electrons. The second kappa shape index (κ2) is 18.9. The van der Waals surface area contributed by atoms with Gasteiger partial charge in [-0.1, -0.05) is 36.4 Å². The average molecular weight is 947 g/mol. The molecule has 0 aliphatic rings. The molecule has 0 saturated heterocycles. The van der Waals surface area contributed by atoms with Crippen LogP contribution in [-0.4, -0.2) is 68.7 Å². The van der Waals surface area contributed by atoms with Crippen molar-refractivity contribution in [1.29, 1.82) is 0 Å². The average Bonchev–Trinajstić information content (AvgIpc) is 3.04. The fourth-order valence-electron chi connectivity index (χ4n) is 5.57. The Hall–Kier alpha value is -0.760. The number of sulfonamides is 2. The van der Waals surface area contributed by atoms with Crippen molar-refractivity contribution in [2.45, 2.75) is 29.4 Å². The van der Waals surface area contributed by atoms with Gasteiger partial charge in [0.2, 0.25) is 0 Å². The smallest absolute Gasteiger partial charge is 0.744 e. The van der Waals surface area contributed by atoms with Crippen LogP contribution in [0.2, 0.25) is 0 Å². The van der Waals surface area contributed by atoms with Gasteiger partial charge < -0.3 is 18.2 Å². The van der Waals surface area contributed by atoms with E-state index < -0.39 is 101 Å². The second-order valence-electron chi connectivity index (χ2n) is 11.3. The molecule has 284 valence electrons. The van der Waals surface area contributed by atoms with Crippen LogP contribution in [0.1, 0.15) is 0 Å². The fraction of sp³-hybridized carbons (Fsp3) is 0. The van der Waals surface area contributed by atoms with Crippen molar-refractivity contribution in [1.82, 2.24) is 0 Å². The summed E-state index contributed by atoms with van der Waals surface area (Å²) >= 11 is 0. The molecule has 58 heavy (non-hydrogen) atoms. The summed E-state index contributed by atoms with van der Waals surface area (Å²) in [6, 6.07) is 15.6. The van der Waals surface area contributed by atoms with Crippen LogP contribution in [0.25, 0.3) is 32.3 Å². The molecule has 28 heteroatoms. The van der Waals surface area contributed by atoms with Gasteiger partial charge in [-0.15, -0.1) is 0 Å². The van der Waals surface area contributed by atoms with Crippen molar-refractivity contribution in [2.24, 2.45) is 0 Å². The maximum absolute atomic E-state index is 13.7. The van der Waals surface area contributed by atoms with Gasteiger partial charge in [-0.25, -0.2) is 50.5 Å². The predicted molar refractivity (Wildman–Crippen MR) is 185 cm³/mol. The van der Waals surface area contributed by atoms with E-state index in [1.54, 1.807) is 0 Å². The summed E-state index contributed by atoms with van der Waals surface area (Å²) in [5.41, 5.74) is -0.633. The molecule has 6 rings (SSSR count). The molecule has 0 aliphatic carbocycles. The van der Waals surface area contributed by atoms with E-state index in [0.29, 0.717) is 12.1 Å². The van der Waals surface area contributed by atoms with Crippen molar-refractivity contribution >= 4 is 104 Å². The first-order valence-electron chi connectivity index (χ1n) is 14.3. The molecular weight excluding hydrogens is 929 g/mol. The predicted octanol–water partition coefficient (Wildman–Crippen LogP) is -9.62. The molecule has 0 aromatic heterocycles. The first-order valence-corrected chi connectivity index (χ1v) is 22.9. The third kappa shape index (κ3) is 11.4.